The fraction of sp³-hybridized carbons (Fsp3) is 0. The van der Waals surface area contributed by atoms with Gasteiger partial charge in [-0.3, -0.25) is 4.98 Å². The summed E-state index contributed by atoms with van der Waals surface area (Å²) >= 11 is 0. The first-order chi connectivity index (χ1) is 8.16. The van der Waals surface area contributed by atoms with E-state index in [9.17, 15) is 4.79 Å². The zero-order valence-corrected chi connectivity index (χ0v) is 8.64. The van der Waals surface area contributed by atoms with Gasteiger partial charge in [-0.2, -0.15) is 0 Å². The highest BCUT2D eigenvalue weighted by molar-refractivity contribution is 6.11. The highest BCUT2D eigenvalue weighted by Gasteiger charge is 2.12. The molecule has 0 aliphatic carbocycles. The summed E-state index contributed by atoms with van der Waals surface area (Å²) in [5, 5.41) is 10.3. The van der Waals surface area contributed by atoms with Gasteiger partial charge in [0.2, 0.25) is 0 Å². The number of H-pyrrole nitrogens is 1. The smallest absolute Gasteiger partial charge is 0.352 e. The van der Waals surface area contributed by atoms with Crippen molar-refractivity contribution in [1.82, 2.24) is 15.0 Å². The van der Waals surface area contributed by atoms with Gasteiger partial charge in [0, 0.05) is 11.6 Å². The summed E-state index contributed by atoms with van der Waals surface area (Å²) in [5.74, 6) is -0.673. The van der Waals surface area contributed by atoms with Crippen molar-refractivity contribution in [2.45, 2.75) is 0 Å². The third-order valence-corrected chi connectivity index (χ3v) is 2.64. The molecule has 0 aliphatic heterocycles. The number of aromatic nitrogens is 3. The number of anilines is 1. The third-order valence-electron chi connectivity index (χ3n) is 2.64. The molecular formula is C11H8N4O2. The zero-order chi connectivity index (χ0) is 12.0. The van der Waals surface area contributed by atoms with Crippen LogP contribution in [0, 0.1) is 0 Å². The molecule has 17 heavy (non-hydrogen) atoms. The fourth-order valence-electron chi connectivity index (χ4n) is 1.88. The molecule has 3 aromatic rings. The molecule has 3 heterocycles. The Hall–Kier alpha value is -2.63. The van der Waals surface area contributed by atoms with E-state index in [0.29, 0.717) is 22.2 Å². The first kappa shape index (κ1) is 9.59. The van der Waals surface area contributed by atoms with Crippen LogP contribution in [0.25, 0.3) is 21.8 Å². The number of rotatable bonds is 1. The van der Waals surface area contributed by atoms with Gasteiger partial charge in [-0.25, -0.2) is 9.78 Å². The predicted molar refractivity (Wildman–Crippen MR) is 62.8 cm³/mol. The van der Waals surface area contributed by atoms with Crippen molar-refractivity contribution in [3.05, 3.63) is 30.2 Å². The molecule has 6 heteroatoms. The van der Waals surface area contributed by atoms with Crippen LogP contribution in [-0.2, 0) is 0 Å². The van der Waals surface area contributed by atoms with Crippen molar-refractivity contribution in [2.24, 2.45) is 0 Å². The van der Waals surface area contributed by atoms with Gasteiger partial charge in [-0.1, -0.05) is 0 Å². The maximum atomic E-state index is 10.9. The number of aromatic amines is 1. The molecule has 6 nitrogen and oxygen atoms in total. The monoisotopic (exact) mass is 228 g/mol. The number of fused-ring (bicyclic) bond motifs is 3. The Balaban J connectivity index is 2.50. The highest BCUT2D eigenvalue weighted by atomic mass is 16.4. The minimum atomic E-state index is -1.02. The summed E-state index contributed by atoms with van der Waals surface area (Å²) in [6, 6.07) is 3.28. The maximum absolute atomic E-state index is 10.9. The van der Waals surface area contributed by atoms with E-state index >= 15 is 0 Å². The number of carboxylic acids is 1. The minimum Gasteiger partial charge on any atom is -0.477 e. The molecule has 0 fully saturated rings. The molecular weight excluding hydrogens is 220 g/mol. The van der Waals surface area contributed by atoms with E-state index < -0.39 is 5.97 Å². The van der Waals surface area contributed by atoms with Crippen LogP contribution in [0.15, 0.2) is 24.5 Å². The number of hydrogen-bond donors (Lipinski definition) is 3. The summed E-state index contributed by atoms with van der Waals surface area (Å²) in [6.07, 6.45) is 3.16. The van der Waals surface area contributed by atoms with Crippen LogP contribution >= 0.6 is 0 Å². The molecule has 0 amide bonds. The van der Waals surface area contributed by atoms with Crippen LogP contribution < -0.4 is 5.73 Å². The second-order valence-corrected chi connectivity index (χ2v) is 3.66. The minimum absolute atomic E-state index is 0.109. The fourth-order valence-corrected chi connectivity index (χ4v) is 1.88. The number of carbonyl (C=O) groups is 1. The van der Waals surface area contributed by atoms with Crippen molar-refractivity contribution >= 4 is 33.6 Å². The topological polar surface area (TPSA) is 105 Å². The van der Waals surface area contributed by atoms with E-state index in [1.807, 2.05) is 0 Å². The molecule has 0 bridgehead atoms. The summed E-state index contributed by atoms with van der Waals surface area (Å²) in [4.78, 5) is 21.8. The Kier molecular flexibility index (Phi) is 1.79. The van der Waals surface area contributed by atoms with Crippen molar-refractivity contribution in [1.29, 1.82) is 0 Å². The molecule has 0 radical (unpaired) electrons. The Bertz CT molecular complexity index is 748. The SMILES string of the molecule is Nc1nccc2ncc3[nH]c(C(=O)O)cc3c12. The number of nitrogens with zero attached hydrogens (tertiary/aromatic N) is 2. The van der Waals surface area contributed by atoms with E-state index in [1.165, 1.54) is 0 Å². The molecule has 0 saturated carbocycles. The zero-order valence-electron chi connectivity index (χ0n) is 8.64. The Morgan fingerprint density at radius 1 is 1.41 bits per heavy atom. The Labute approximate surface area is 95.1 Å². The van der Waals surface area contributed by atoms with Crippen LogP contribution in [0.4, 0.5) is 5.82 Å². The van der Waals surface area contributed by atoms with Gasteiger partial charge >= 0.3 is 5.97 Å². The summed E-state index contributed by atoms with van der Waals surface area (Å²) in [6.45, 7) is 0. The van der Waals surface area contributed by atoms with Crippen molar-refractivity contribution in [2.75, 3.05) is 5.73 Å². The van der Waals surface area contributed by atoms with Gasteiger partial charge in [0.05, 0.1) is 22.6 Å². The second-order valence-electron chi connectivity index (χ2n) is 3.66. The van der Waals surface area contributed by atoms with E-state index in [0.717, 1.165) is 5.39 Å². The summed E-state index contributed by atoms with van der Waals surface area (Å²) in [5.41, 5.74) is 7.23. The molecule has 0 saturated heterocycles. The molecule has 0 spiro atoms. The lowest BCUT2D eigenvalue weighted by Gasteiger charge is -2.00. The van der Waals surface area contributed by atoms with Crippen LogP contribution in [0.5, 0.6) is 0 Å². The van der Waals surface area contributed by atoms with Gasteiger partial charge in [0.25, 0.3) is 0 Å². The number of nitrogens with two attached hydrogens (primary N) is 1. The lowest BCUT2D eigenvalue weighted by Crippen LogP contribution is -1.94. The lowest BCUT2D eigenvalue weighted by atomic mass is 10.1. The standard InChI is InChI=1S/C11H8N4O2/c12-10-9-5-3-7(11(16)17)15-8(5)4-14-6(9)1-2-13-10/h1-4,15H,(H2,12,13)(H,16,17). The third kappa shape index (κ3) is 1.31. The number of aromatic carboxylic acids is 1. The van der Waals surface area contributed by atoms with Crippen LogP contribution in [0.2, 0.25) is 0 Å². The number of nitrogen functional groups attached to an aromatic ring is 1. The van der Waals surface area contributed by atoms with Crippen molar-refractivity contribution in [3.8, 4) is 0 Å². The van der Waals surface area contributed by atoms with Gasteiger partial charge in [-0.15, -0.1) is 0 Å². The molecule has 84 valence electrons. The van der Waals surface area contributed by atoms with E-state index in [1.54, 1.807) is 24.5 Å². The molecule has 3 rings (SSSR count). The molecule has 4 N–H and O–H groups in total. The molecule has 3 aromatic heterocycles. The average molecular weight is 228 g/mol. The van der Waals surface area contributed by atoms with Crippen LogP contribution in [0.1, 0.15) is 10.5 Å². The average Bonchev–Trinajstić information content (AvgIpc) is 2.73. The lowest BCUT2D eigenvalue weighted by molar-refractivity contribution is 0.0691. The first-order valence-electron chi connectivity index (χ1n) is 4.92. The summed E-state index contributed by atoms with van der Waals surface area (Å²) in [7, 11) is 0. The van der Waals surface area contributed by atoms with Gasteiger partial charge in [-0.05, 0) is 12.1 Å². The van der Waals surface area contributed by atoms with E-state index in [2.05, 4.69) is 15.0 Å². The second kappa shape index (κ2) is 3.18. The van der Waals surface area contributed by atoms with E-state index in [-0.39, 0.29) is 5.69 Å². The number of pyridine rings is 2. The van der Waals surface area contributed by atoms with E-state index in [4.69, 9.17) is 10.8 Å². The number of hydrogen-bond acceptors (Lipinski definition) is 4. The largest absolute Gasteiger partial charge is 0.477 e. The van der Waals surface area contributed by atoms with Crippen LogP contribution in [-0.4, -0.2) is 26.0 Å². The number of carboxylic acid groups (broad SMARTS) is 1. The Morgan fingerprint density at radius 3 is 3.00 bits per heavy atom. The Morgan fingerprint density at radius 2 is 2.24 bits per heavy atom. The molecule has 0 unspecified atom stereocenters. The predicted octanol–water partition coefficient (Wildman–Crippen LogP) is 1.39. The first-order valence-corrected chi connectivity index (χ1v) is 4.92. The molecule has 0 aromatic carbocycles. The van der Waals surface area contributed by atoms with Gasteiger partial charge in [0.15, 0.2) is 0 Å². The quantitative estimate of drug-likeness (QED) is 0.583. The molecule has 0 atom stereocenters. The van der Waals surface area contributed by atoms with Gasteiger partial charge in [0.1, 0.15) is 11.5 Å². The normalized spacial score (nSPS) is 11.1. The highest BCUT2D eigenvalue weighted by Crippen LogP contribution is 2.27. The number of nitrogens with one attached hydrogen (secondary N) is 1. The van der Waals surface area contributed by atoms with Crippen LogP contribution in [0.3, 0.4) is 0 Å². The molecule has 0 aliphatic rings. The summed E-state index contributed by atoms with van der Waals surface area (Å²) < 4.78 is 0. The van der Waals surface area contributed by atoms with Gasteiger partial charge < -0.3 is 15.8 Å². The maximum Gasteiger partial charge on any atom is 0.352 e. The van der Waals surface area contributed by atoms with Crippen molar-refractivity contribution in [3.63, 3.8) is 0 Å². The van der Waals surface area contributed by atoms with Crippen molar-refractivity contribution < 1.29 is 9.90 Å².